The van der Waals surface area contributed by atoms with Gasteiger partial charge in [-0.2, -0.15) is 0 Å². The summed E-state index contributed by atoms with van der Waals surface area (Å²) in [6.45, 7) is 11.4. The Morgan fingerprint density at radius 2 is 1.68 bits per heavy atom. The van der Waals surface area contributed by atoms with Crippen LogP contribution < -0.4 is 11.1 Å². The maximum atomic E-state index is 12.0. The van der Waals surface area contributed by atoms with Crippen molar-refractivity contribution < 1.29 is 4.79 Å². The molecule has 0 aromatic heterocycles. The topological polar surface area (TPSA) is 74.0 Å². The van der Waals surface area contributed by atoms with Crippen molar-refractivity contribution in [1.82, 2.24) is 15.1 Å². The molecule has 0 bridgehead atoms. The van der Waals surface area contributed by atoms with Gasteiger partial charge in [-0.1, -0.05) is 12.8 Å². The molecule has 6 heteroatoms. The van der Waals surface area contributed by atoms with Crippen molar-refractivity contribution in [2.45, 2.75) is 64.8 Å². The number of rotatable bonds is 4. The average molecular weight is 352 g/mol. The van der Waals surface area contributed by atoms with Crippen molar-refractivity contribution in [3.05, 3.63) is 0 Å². The van der Waals surface area contributed by atoms with Gasteiger partial charge >= 0.3 is 0 Å². The molecule has 0 atom stereocenters. The lowest BCUT2D eigenvalue weighted by atomic mass is 9.97. The Kier molecular flexibility index (Phi) is 7.54. The van der Waals surface area contributed by atoms with Crippen LogP contribution in [0.15, 0.2) is 4.99 Å². The number of nitrogens with two attached hydrogens (primary N) is 1. The van der Waals surface area contributed by atoms with Crippen LogP contribution in [0.25, 0.3) is 0 Å². The second-order valence-corrected chi connectivity index (χ2v) is 8.62. The molecule has 144 valence electrons. The van der Waals surface area contributed by atoms with E-state index in [1.54, 1.807) is 0 Å². The van der Waals surface area contributed by atoms with Gasteiger partial charge in [0, 0.05) is 25.2 Å². The molecule has 0 saturated carbocycles. The number of nitrogens with one attached hydrogen (secondary N) is 1. The van der Waals surface area contributed by atoms with Gasteiger partial charge in [0.15, 0.2) is 5.96 Å². The summed E-state index contributed by atoms with van der Waals surface area (Å²) < 4.78 is 0. The lowest BCUT2D eigenvalue weighted by molar-refractivity contribution is -0.124. The molecule has 0 aromatic rings. The van der Waals surface area contributed by atoms with Gasteiger partial charge in [0.1, 0.15) is 0 Å². The number of amides is 1. The molecule has 0 spiro atoms. The smallest absolute Gasteiger partial charge is 0.234 e. The highest BCUT2D eigenvalue weighted by Crippen LogP contribution is 2.18. The number of guanidine groups is 1. The summed E-state index contributed by atoms with van der Waals surface area (Å²) in [5, 5.41) is 3.03. The van der Waals surface area contributed by atoms with Gasteiger partial charge in [-0.25, -0.2) is 0 Å². The maximum Gasteiger partial charge on any atom is 0.234 e. The summed E-state index contributed by atoms with van der Waals surface area (Å²) in [6.07, 6.45) is 7.27. The second-order valence-electron chi connectivity index (χ2n) is 8.62. The minimum absolute atomic E-state index is 0.120. The number of likely N-dealkylation sites (tertiary alicyclic amines) is 2. The number of hydrogen-bond acceptors (Lipinski definition) is 3. The summed E-state index contributed by atoms with van der Waals surface area (Å²) in [7, 11) is 0. The van der Waals surface area contributed by atoms with E-state index >= 15 is 0 Å². The molecule has 2 heterocycles. The Morgan fingerprint density at radius 1 is 1.08 bits per heavy atom. The lowest BCUT2D eigenvalue weighted by Crippen LogP contribution is -2.47. The molecule has 0 unspecified atom stereocenters. The first kappa shape index (κ1) is 20.0. The van der Waals surface area contributed by atoms with E-state index < -0.39 is 0 Å². The van der Waals surface area contributed by atoms with Crippen LogP contribution in [0.2, 0.25) is 0 Å². The third-order valence-electron chi connectivity index (χ3n) is 5.03. The Labute approximate surface area is 153 Å². The first-order valence-electron chi connectivity index (χ1n) is 9.92. The van der Waals surface area contributed by atoms with E-state index in [1.165, 1.54) is 25.7 Å². The summed E-state index contributed by atoms with van der Waals surface area (Å²) in [5.74, 6) is 1.44. The molecule has 0 radical (unpaired) electrons. The standard InChI is InChI=1S/C19H37N5O/c1-19(2,3)22-17(25)15-23-12-8-16(9-13-23)14-21-18(20)24-10-6-4-5-7-11-24/h16H,4-15H2,1-3H3,(H2,20,21)(H,22,25). The third-order valence-corrected chi connectivity index (χ3v) is 5.03. The highest BCUT2D eigenvalue weighted by atomic mass is 16.2. The van der Waals surface area contributed by atoms with Crippen LogP contribution in [0.4, 0.5) is 0 Å². The predicted octanol–water partition coefficient (Wildman–Crippen LogP) is 1.80. The second kappa shape index (κ2) is 9.41. The van der Waals surface area contributed by atoms with Gasteiger partial charge in [0.25, 0.3) is 0 Å². The highest BCUT2D eigenvalue weighted by molar-refractivity contribution is 5.79. The summed E-state index contributed by atoms with van der Waals surface area (Å²) in [4.78, 5) is 21.2. The Hall–Kier alpha value is -1.30. The van der Waals surface area contributed by atoms with Gasteiger partial charge in [-0.05, 0) is 65.5 Å². The van der Waals surface area contributed by atoms with Crippen LogP contribution in [0, 0.1) is 5.92 Å². The fraction of sp³-hybridized carbons (Fsp3) is 0.895. The van der Waals surface area contributed by atoms with Crippen LogP contribution in [-0.4, -0.2) is 66.5 Å². The van der Waals surface area contributed by atoms with Crippen LogP contribution in [0.3, 0.4) is 0 Å². The summed E-state index contributed by atoms with van der Waals surface area (Å²) >= 11 is 0. The number of hydrogen-bond donors (Lipinski definition) is 2. The van der Waals surface area contributed by atoms with Crippen molar-refractivity contribution in [3.8, 4) is 0 Å². The fourth-order valence-electron chi connectivity index (χ4n) is 3.61. The van der Waals surface area contributed by atoms with E-state index in [4.69, 9.17) is 5.73 Å². The zero-order valence-corrected chi connectivity index (χ0v) is 16.4. The van der Waals surface area contributed by atoms with Crippen LogP contribution in [0.1, 0.15) is 59.3 Å². The van der Waals surface area contributed by atoms with Crippen LogP contribution >= 0.6 is 0 Å². The minimum Gasteiger partial charge on any atom is -0.370 e. The minimum atomic E-state index is -0.158. The molecule has 25 heavy (non-hydrogen) atoms. The Balaban J connectivity index is 1.69. The van der Waals surface area contributed by atoms with E-state index in [0.29, 0.717) is 12.5 Å². The quantitative estimate of drug-likeness (QED) is 0.598. The number of aliphatic imine (C=N–C) groups is 1. The molecule has 0 aliphatic carbocycles. The van der Waals surface area contributed by atoms with Gasteiger partial charge < -0.3 is 16.0 Å². The van der Waals surface area contributed by atoms with Crippen LogP contribution in [0.5, 0.6) is 0 Å². The van der Waals surface area contributed by atoms with Crippen molar-refractivity contribution in [2.24, 2.45) is 16.6 Å². The number of carbonyl (C=O) groups is 1. The zero-order valence-electron chi connectivity index (χ0n) is 16.4. The monoisotopic (exact) mass is 351 g/mol. The first-order chi connectivity index (χ1) is 11.8. The SMILES string of the molecule is CC(C)(C)NC(=O)CN1CCC(CN=C(N)N2CCCCCC2)CC1. The molecule has 2 aliphatic rings. The normalized spacial score (nSPS) is 21.9. The molecule has 0 aromatic carbocycles. The van der Waals surface area contributed by atoms with E-state index in [0.717, 1.165) is 51.5 Å². The molecular formula is C19H37N5O. The van der Waals surface area contributed by atoms with Gasteiger partial charge in [-0.3, -0.25) is 14.7 Å². The van der Waals surface area contributed by atoms with Crippen LogP contribution in [-0.2, 0) is 4.79 Å². The molecule has 2 saturated heterocycles. The van der Waals surface area contributed by atoms with E-state index in [2.05, 4.69) is 20.1 Å². The number of nitrogens with zero attached hydrogens (tertiary/aromatic N) is 3. The molecule has 2 aliphatic heterocycles. The average Bonchev–Trinajstić information content (AvgIpc) is 2.81. The fourth-order valence-corrected chi connectivity index (χ4v) is 3.61. The molecule has 3 N–H and O–H groups in total. The zero-order chi connectivity index (χ0) is 18.3. The van der Waals surface area contributed by atoms with Crippen molar-refractivity contribution in [2.75, 3.05) is 39.3 Å². The molecule has 2 fully saturated rings. The van der Waals surface area contributed by atoms with Gasteiger partial charge in [-0.15, -0.1) is 0 Å². The van der Waals surface area contributed by atoms with E-state index in [1.807, 2.05) is 20.8 Å². The van der Waals surface area contributed by atoms with Gasteiger partial charge in [0.05, 0.1) is 6.54 Å². The van der Waals surface area contributed by atoms with Crippen molar-refractivity contribution in [1.29, 1.82) is 0 Å². The summed E-state index contributed by atoms with van der Waals surface area (Å²) in [6, 6.07) is 0. The lowest BCUT2D eigenvalue weighted by Gasteiger charge is -2.32. The maximum absolute atomic E-state index is 12.0. The molecular weight excluding hydrogens is 314 g/mol. The molecule has 1 amide bonds. The highest BCUT2D eigenvalue weighted by Gasteiger charge is 2.22. The van der Waals surface area contributed by atoms with Gasteiger partial charge in [0.2, 0.25) is 5.91 Å². The number of carbonyl (C=O) groups excluding carboxylic acids is 1. The van der Waals surface area contributed by atoms with Crippen molar-refractivity contribution >= 4 is 11.9 Å². The van der Waals surface area contributed by atoms with E-state index in [9.17, 15) is 4.79 Å². The molecule has 2 rings (SSSR count). The largest absolute Gasteiger partial charge is 0.370 e. The summed E-state index contributed by atoms with van der Waals surface area (Å²) in [5.41, 5.74) is 6.04. The Bertz CT molecular complexity index is 441. The van der Waals surface area contributed by atoms with Crippen molar-refractivity contribution in [3.63, 3.8) is 0 Å². The first-order valence-corrected chi connectivity index (χ1v) is 9.92. The third kappa shape index (κ3) is 7.63. The number of piperidine rings is 1. The predicted molar refractivity (Wildman–Crippen MR) is 104 cm³/mol. The molecule has 6 nitrogen and oxygen atoms in total. The Morgan fingerprint density at radius 3 is 2.24 bits per heavy atom. The van der Waals surface area contributed by atoms with E-state index in [-0.39, 0.29) is 11.4 Å².